The molecule has 0 fully saturated rings. The van der Waals surface area contributed by atoms with Crippen LogP contribution in [0.4, 0.5) is 0 Å². The van der Waals surface area contributed by atoms with Crippen LogP contribution in [0, 0.1) is 0 Å². The Bertz CT molecular complexity index is 336. The number of hydrogen-bond acceptors (Lipinski definition) is 1. The number of rotatable bonds is 0. The van der Waals surface area contributed by atoms with Gasteiger partial charge in [0.1, 0.15) is 5.75 Å². The van der Waals surface area contributed by atoms with Crippen LogP contribution >= 0.6 is 23.2 Å². The van der Waals surface area contributed by atoms with Gasteiger partial charge in [0.2, 0.25) is 0 Å². The lowest BCUT2D eigenvalue weighted by atomic mass is 9.95. The summed E-state index contributed by atoms with van der Waals surface area (Å²) in [5, 5.41) is 1.30. The predicted octanol–water partition coefficient (Wildman–Crippen LogP) is 3.88. The monoisotopic (exact) mass is 216 g/mol. The van der Waals surface area contributed by atoms with Gasteiger partial charge in [-0.1, -0.05) is 30.1 Å². The average molecular weight is 217 g/mol. The summed E-state index contributed by atoms with van der Waals surface area (Å²) in [4.78, 5) is 0. The third kappa shape index (κ3) is 1.63. The summed E-state index contributed by atoms with van der Waals surface area (Å²) >= 11 is 11.9. The van der Waals surface area contributed by atoms with E-state index in [1.807, 2.05) is 6.07 Å². The van der Waals surface area contributed by atoms with Crippen LogP contribution in [0.5, 0.6) is 5.75 Å². The molecule has 13 heavy (non-hydrogen) atoms. The molecule has 0 spiro atoms. The maximum Gasteiger partial charge on any atom is 0.141 e. The summed E-state index contributed by atoms with van der Waals surface area (Å²) in [5.41, 5.74) is 1.13. The standard InChI is InChI=1S/C10H10Cl2O/c1-6-2-3-13-10-8(6)4-7(11)5-9(10)12/h4-6H,2-3H2,1H3. The summed E-state index contributed by atoms with van der Waals surface area (Å²) < 4.78 is 5.49. The fourth-order valence-electron chi connectivity index (χ4n) is 1.59. The van der Waals surface area contributed by atoms with Crippen molar-refractivity contribution in [2.75, 3.05) is 6.61 Å². The van der Waals surface area contributed by atoms with Gasteiger partial charge in [0.05, 0.1) is 11.6 Å². The highest BCUT2D eigenvalue weighted by molar-refractivity contribution is 6.35. The molecule has 0 radical (unpaired) electrons. The Kier molecular flexibility index (Phi) is 2.39. The van der Waals surface area contributed by atoms with Crippen molar-refractivity contribution in [3.63, 3.8) is 0 Å². The van der Waals surface area contributed by atoms with Gasteiger partial charge in [0.15, 0.2) is 0 Å². The van der Waals surface area contributed by atoms with E-state index >= 15 is 0 Å². The van der Waals surface area contributed by atoms with Gasteiger partial charge < -0.3 is 4.74 Å². The fraction of sp³-hybridized carbons (Fsp3) is 0.400. The van der Waals surface area contributed by atoms with Crippen LogP contribution < -0.4 is 4.74 Å². The zero-order valence-electron chi connectivity index (χ0n) is 7.31. The Morgan fingerprint density at radius 2 is 2.15 bits per heavy atom. The molecule has 1 aromatic carbocycles. The van der Waals surface area contributed by atoms with Gasteiger partial charge in [0, 0.05) is 10.6 Å². The molecule has 0 saturated heterocycles. The number of ether oxygens (including phenoxy) is 1. The zero-order chi connectivity index (χ0) is 9.42. The quantitative estimate of drug-likeness (QED) is 0.640. The summed E-state index contributed by atoms with van der Waals surface area (Å²) in [7, 11) is 0. The first-order valence-corrected chi connectivity index (χ1v) is 5.06. The van der Waals surface area contributed by atoms with Crippen molar-refractivity contribution in [2.45, 2.75) is 19.3 Å². The maximum atomic E-state index is 6.00. The van der Waals surface area contributed by atoms with Crippen LogP contribution in [0.3, 0.4) is 0 Å². The Morgan fingerprint density at radius 1 is 1.38 bits per heavy atom. The van der Waals surface area contributed by atoms with Crippen molar-refractivity contribution in [1.29, 1.82) is 0 Å². The molecule has 0 N–H and O–H groups in total. The van der Waals surface area contributed by atoms with E-state index in [2.05, 4.69) is 6.92 Å². The number of halogens is 2. The second-order valence-corrected chi connectivity index (χ2v) is 4.19. The SMILES string of the molecule is CC1CCOc2c(Cl)cc(Cl)cc21. The largest absolute Gasteiger partial charge is 0.492 e. The second kappa shape index (κ2) is 3.39. The van der Waals surface area contributed by atoms with Gasteiger partial charge in [-0.3, -0.25) is 0 Å². The Morgan fingerprint density at radius 3 is 2.92 bits per heavy atom. The van der Waals surface area contributed by atoms with Crippen molar-refractivity contribution in [3.8, 4) is 5.75 Å². The molecule has 1 aromatic rings. The molecule has 2 rings (SSSR count). The summed E-state index contributed by atoms with van der Waals surface area (Å²) in [6.45, 7) is 2.91. The Labute approximate surface area is 87.6 Å². The lowest BCUT2D eigenvalue weighted by molar-refractivity contribution is 0.272. The summed E-state index contributed by atoms with van der Waals surface area (Å²) in [6.07, 6.45) is 1.03. The van der Waals surface area contributed by atoms with Crippen LogP contribution in [-0.4, -0.2) is 6.61 Å². The fourth-order valence-corrected chi connectivity index (χ4v) is 2.16. The van der Waals surface area contributed by atoms with Crippen LogP contribution in [-0.2, 0) is 0 Å². The predicted molar refractivity (Wildman–Crippen MR) is 55.0 cm³/mol. The van der Waals surface area contributed by atoms with Crippen molar-refractivity contribution in [3.05, 3.63) is 27.7 Å². The minimum atomic E-state index is 0.486. The lowest BCUT2D eigenvalue weighted by Crippen LogP contribution is -2.12. The molecular weight excluding hydrogens is 207 g/mol. The lowest BCUT2D eigenvalue weighted by Gasteiger charge is -2.23. The van der Waals surface area contributed by atoms with Crippen molar-refractivity contribution in [2.24, 2.45) is 0 Å². The number of fused-ring (bicyclic) bond motifs is 1. The third-order valence-electron chi connectivity index (χ3n) is 2.37. The maximum absolute atomic E-state index is 6.00. The van der Waals surface area contributed by atoms with Gasteiger partial charge in [-0.2, -0.15) is 0 Å². The smallest absolute Gasteiger partial charge is 0.141 e. The van der Waals surface area contributed by atoms with E-state index in [0.29, 0.717) is 16.0 Å². The summed E-state index contributed by atoms with van der Waals surface area (Å²) in [5.74, 6) is 1.30. The van der Waals surface area contributed by atoms with Crippen molar-refractivity contribution >= 4 is 23.2 Å². The van der Waals surface area contributed by atoms with Gasteiger partial charge >= 0.3 is 0 Å². The molecule has 1 atom stereocenters. The van der Waals surface area contributed by atoms with Gasteiger partial charge in [-0.05, 0) is 24.5 Å². The molecule has 1 aliphatic heterocycles. The Balaban J connectivity index is 2.56. The molecule has 1 heterocycles. The molecular formula is C10H10Cl2O. The van der Waals surface area contributed by atoms with E-state index in [4.69, 9.17) is 27.9 Å². The highest BCUT2D eigenvalue weighted by atomic mass is 35.5. The van der Waals surface area contributed by atoms with Gasteiger partial charge in [-0.15, -0.1) is 0 Å². The molecule has 1 aliphatic rings. The summed E-state index contributed by atoms with van der Waals surface area (Å²) in [6, 6.07) is 3.66. The molecule has 1 nitrogen and oxygen atoms in total. The molecule has 0 saturated carbocycles. The topological polar surface area (TPSA) is 9.23 Å². The van der Waals surface area contributed by atoms with Gasteiger partial charge in [0.25, 0.3) is 0 Å². The molecule has 3 heteroatoms. The van der Waals surface area contributed by atoms with Crippen LogP contribution in [0.25, 0.3) is 0 Å². The average Bonchev–Trinajstić information content (AvgIpc) is 2.07. The van der Waals surface area contributed by atoms with Crippen LogP contribution in [0.15, 0.2) is 12.1 Å². The molecule has 0 bridgehead atoms. The molecule has 70 valence electrons. The van der Waals surface area contributed by atoms with E-state index in [1.54, 1.807) is 6.07 Å². The van der Waals surface area contributed by atoms with Crippen LogP contribution in [0.1, 0.15) is 24.8 Å². The van der Waals surface area contributed by atoms with E-state index in [-0.39, 0.29) is 0 Å². The number of benzene rings is 1. The molecule has 1 unspecified atom stereocenters. The van der Waals surface area contributed by atoms with E-state index in [1.165, 1.54) is 0 Å². The van der Waals surface area contributed by atoms with E-state index < -0.39 is 0 Å². The highest BCUT2D eigenvalue weighted by Crippen LogP contribution is 2.40. The van der Waals surface area contributed by atoms with Crippen molar-refractivity contribution in [1.82, 2.24) is 0 Å². The normalized spacial score (nSPS) is 20.7. The molecule has 0 aromatic heterocycles. The highest BCUT2D eigenvalue weighted by Gasteiger charge is 2.20. The first kappa shape index (κ1) is 9.17. The first-order valence-electron chi connectivity index (χ1n) is 4.30. The molecule has 0 aliphatic carbocycles. The minimum Gasteiger partial charge on any atom is -0.492 e. The van der Waals surface area contributed by atoms with Crippen LogP contribution in [0.2, 0.25) is 10.0 Å². The number of hydrogen-bond donors (Lipinski definition) is 0. The van der Waals surface area contributed by atoms with E-state index in [0.717, 1.165) is 24.3 Å². The second-order valence-electron chi connectivity index (χ2n) is 3.34. The van der Waals surface area contributed by atoms with E-state index in [9.17, 15) is 0 Å². The minimum absolute atomic E-state index is 0.486. The first-order chi connectivity index (χ1) is 6.18. The molecule has 0 amide bonds. The third-order valence-corrected chi connectivity index (χ3v) is 2.86. The van der Waals surface area contributed by atoms with Crippen molar-refractivity contribution < 1.29 is 4.74 Å². The zero-order valence-corrected chi connectivity index (χ0v) is 8.82. The van der Waals surface area contributed by atoms with Gasteiger partial charge in [-0.25, -0.2) is 0 Å². The Hall–Kier alpha value is -0.400.